The van der Waals surface area contributed by atoms with Crippen molar-refractivity contribution in [2.45, 2.75) is 34.1 Å². The lowest BCUT2D eigenvalue weighted by Crippen LogP contribution is -2.77. The van der Waals surface area contributed by atoms with Gasteiger partial charge in [-0.3, -0.25) is 19.2 Å². The quantitative estimate of drug-likeness (QED) is 0.466. The second kappa shape index (κ2) is 2.44. The van der Waals surface area contributed by atoms with E-state index in [1.165, 1.54) is 0 Å². The van der Waals surface area contributed by atoms with Gasteiger partial charge in [-0.1, -0.05) is 13.8 Å². The molecule has 18 heavy (non-hydrogen) atoms. The van der Waals surface area contributed by atoms with Gasteiger partial charge in [-0.25, -0.2) is 0 Å². The largest absolute Gasteiger partial charge is 0.392 e. The van der Waals surface area contributed by atoms with E-state index in [9.17, 15) is 19.2 Å². The minimum absolute atomic E-state index is 0.196. The van der Waals surface area contributed by atoms with Gasteiger partial charge in [-0.05, 0) is 13.8 Å². The molecule has 0 aromatic heterocycles. The van der Waals surface area contributed by atoms with Gasteiger partial charge in [0.05, 0.1) is 28.1 Å². The van der Waals surface area contributed by atoms with E-state index in [-0.39, 0.29) is 18.0 Å². The number of carbonyl (C=O) groups excluding carboxylic acids is 4. The number of hydrogen-bond donors (Lipinski definition) is 0. The molecule has 1 saturated heterocycles. The molecule has 0 radical (unpaired) electrons. The van der Waals surface area contributed by atoms with Crippen molar-refractivity contribution in [3.63, 3.8) is 0 Å². The highest BCUT2D eigenvalue weighted by Crippen LogP contribution is 2.83. The predicted octanol–water partition coefficient (Wildman–Crippen LogP) is 0.651. The van der Waals surface area contributed by atoms with E-state index < -0.39 is 33.6 Å². The van der Waals surface area contributed by atoms with E-state index in [4.69, 9.17) is 4.74 Å². The summed E-state index contributed by atoms with van der Waals surface area (Å²) in [5, 5.41) is 0. The normalized spacial score (nSPS) is 54.0. The lowest BCUT2D eigenvalue weighted by molar-refractivity contribution is -0.243. The average Bonchev–Trinajstić information content (AvgIpc) is 2.57. The second-order valence-corrected chi connectivity index (χ2v) is 6.20. The van der Waals surface area contributed by atoms with Crippen LogP contribution in [0.3, 0.4) is 0 Å². The van der Waals surface area contributed by atoms with Gasteiger partial charge in [-0.15, -0.1) is 0 Å². The van der Waals surface area contributed by atoms with Gasteiger partial charge in [0, 0.05) is 0 Å². The van der Waals surface area contributed by atoms with Gasteiger partial charge in [0.2, 0.25) is 0 Å². The Labute approximate surface area is 104 Å². The molecule has 0 spiro atoms. The molecule has 3 rings (SSSR count). The first kappa shape index (κ1) is 11.6. The molecule has 2 aliphatic carbocycles. The van der Waals surface area contributed by atoms with Crippen LogP contribution in [-0.2, 0) is 23.9 Å². The minimum Gasteiger partial charge on any atom is -0.392 e. The molecular formula is C13H14O5. The van der Waals surface area contributed by atoms with Crippen molar-refractivity contribution >= 4 is 23.5 Å². The molecule has 0 amide bonds. The Hall–Kier alpha value is -1.52. The molecule has 0 aromatic carbocycles. The fourth-order valence-corrected chi connectivity index (χ4v) is 4.66. The molecule has 0 N–H and O–H groups in total. The number of carbonyl (C=O) groups is 4. The lowest BCUT2D eigenvalue weighted by Gasteiger charge is -2.67. The van der Waals surface area contributed by atoms with E-state index in [1.807, 2.05) is 0 Å². The Kier molecular flexibility index (Phi) is 1.57. The van der Waals surface area contributed by atoms with Crippen LogP contribution in [0.25, 0.3) is 0 Å². The van der Waals surface area contributed by atoms with Gasteiger partial charge in [0.25, 0.3) is 0 Å². The number of Topliss-reactive ketones (excluding diaryl/α,β-unsaturated/α-hetero) is 2. The van der Waals surface area contributed by atoms with Gasteiger partial charge >= 0.3 is 11.9 Å². The summed E-state index contributed by atoms with van der Waals surface area (Å²) < 4.78 is 4.74. The summed E-state index contributed by atoms with van der Waals surface area (Å²) in [5.41, 5.74) is -4.71. The maximum atomic E-state index is 12.2. The molecule has 96 valence electrons. The van der Waals surface area contributed by atoms with E-state index >= 15 is 0 Å². The Morgan fingerprint density at radius 2 is 1.06 bits per heavy atom. The fourth-order valence-electron chi connectivity index (χ4n) is 4.66. The molecule has 0 bridgehead atoms. The van der Waals surface area contributed by atoms with Crippen molar-refractivity contribution in [2.24, 2.45) is 21.7 Å². The third-order valence-electron chi connectivity index (χ3n) is 6.44. The lowest BCUT2D eigenvalue weighted by atomic mass is 9.27. The van der Waals surface area contributed by atoms with Crippen LogP contribution in [0.5, 0.6) is 0 Å². The van der Waals surface area contributed by atoms with E-state index in [1.54, 1.807) is 27.7 Å². The standard InChI is InChI=1S/C13H14O5/c1-10-6(14)5-7(15)11(10,2)13(4)9(17)18-8(16)12(10,13)3/h5H2,1-4H3/t10-,11-,12-,13-/m0/s1. The van der Waals surface area contributed by atoms with Crippen LogP contribution in [0.2, 0.25) is 0 Å². The van der Waals surface area contributed by atoms with Crippen LogP contribution < -0.4 is 0 Å². The summed E-state index contributed by atoms with van der Waals surface area (Å²) in [4.78, 5) is 48.4. The highest BCUT2D eigenvalue weighted by Gasteiger charge is 2.95. The number of hydrogen-bond acceptors (Lipinski definition) is 5. The molecule has 0 unspecified atom stereocenters. The van der Waals surface area contributed by atoms with E-state index in [0.29, 0.717) is 0 Å². The number of esters is 2. The molecule has 3 aliphatic rings. The van der Waals surface area contributed by atoms with Crippen LogP contribution in [0, 0.1) is 21.7 Å². The molecule has 5 nitrogen and oxygen atoms in total. The summed E-state index contributed by atoms with van der Waals surface area (Å²) in [6, 6.07) is 0. The summed E-state index contributed by atoms with van der Waals surface area (Å²) in [5.74, 6) is -1.89. The Morgan fingerprint density at radius 1 is 0.722 bits per heavy atom. The SMILES string of the molecule is C[C@]12C(=O)CC(=O)[C@]1(C)[C@]1(C)C(=O)OC(=O)[C@@]21C. The molecule has 0 aromatic rings. The average molecular weight is 250 g/mol. The number of ketones is 2. The van der Waals surface area contributed by atoms with Crippen molar-refractivity contribution in [3.05, 3.63) is 0 Å². The highest BCUT2D eigenvalue weighted by molar-refractivity contribution is 6.23. The van der Waals surface area contributed by atoms with Crippen molar-refractivity contribution < 1.29 is 23.9 Å². The van der Waals surface area contributed by atoms with Crippen molar-refractivity contribution in [2.75, 3.05) is 0 Å². The monoisotopic (exact) mass is 250 g/mol. The van der Waals surface area contributed by atoms with Gasteiger partial charge < -0.3 is 4.74 Å². The zero-order valence-corrected chi connectivity index (χ0v) is 10.7. The van der Waals surface area contributed by atoms with Crippen molar-refractivity contribution in [1.82, 2.24) is 0 Å². The topological polar surface area (TPSA) is 77.5 Å². The molecular weight excluding hydrogens is 236 g/mol. The molecule has 3 fully saturated rings. The van der Waals surface area contributed by atoms with Gasteiger partial charge in [-0.2, -0.15) is 0 Å². The maximum Gasteiger partial charge on any atom is 0.321 e. The van der Waals surface area contributed by atoms with E-state index in [2.05, 4.69) is 0 Å². The number of cyclic esters (lactones) is 2. The zero-order valence-electron chi connectivity index (χ0n) is 10.7. The first-order valence-corrected chi connectivity index (χ1v) is 5.93. The molecule has 5 heteroatoms. The molecule has 1 heterocycles. The smallest absolute Gasteiger partial charge is 0.321 e. The first-order valence-electron chi connectivity index (χ1n) is 5.93. The fraction of sp³-hybridized carbons (Fsp3) is 0.692. The predicted molar refractivity (Wildman–Crippen MR) is 58.2 cm³/mol. The summed E-state index contributed by atoms with van der Waals surface area (Å²) >= 11 is 0. The highest BCUT2D eigenvalue weighted by atomic mass is 16.6. The molecule has 2 saturated carbocycles. The first-order chi connectivity index (χ1) is 8.10. The van der Waals surface area contributed by atoms with Gasteiger partial charge in [0.1, 0.15) is 11.6 Å². The summed E-state index contributed by atoms with van der Waals surface area (Å²) in [6.07, 6.45) is -0.196. The third-order valence-corrected chi connectivity index (χ3v) is 6.44. The van der Waals surface area contributed by atoms with E-state index in [0.717, 1.165) is 0 Å². The third kappa shape index (κ3) is 0.595. The number of ether oxygens (including phenoxy) is 1. The number of fused-ring (bicyclic) bond motifs is 4. The Morgan fingerprint density at radius 3 is 1.39 bits per heavy atom. The van der Waals surface area contributed by atoms with Gasteiger partial charge in [0.15, 0.2) is 0 Å². The van der Waals surface area contributed by atoms with Crippen LogP contribution in [0.1, 0.15) is 34.1 Å². The van der Waals surface area contributed by atoms with Crippen LogP contribution in [-0.4, -0.2) is 23.5 Å². The van der Waals surface area contributed by atoms with Crippen molar-refractivity contribution in [3.8, 4) is 0 Å². The zero-order chi connectivity index (χ0) is 13.7. The summed E-state index contributed by atoms with van der Waals surface area (Å²) in [6.45, 7) is 6.36. The Bertz CT molecular complexity index is 450. The van der Waals surface area contributed by atoms with Crippen LogP contribution >= 0.6 is 0 Å². The van der Waals surface area contributed by atoms with Crippen LogP contribution in [0.4, 0.5) is 0 Å². The minimum atomic E-state index is -1.23. The summed E-state index contributed by atoms with van der Waals surface area (Å²) in [7, 11) is 0. The molecule has 4 atom stereocenters. The Balaban J connectivity index is 2.38. The maximum absolute atomic E-state index is 12.2. The van der Waals surface area contributed by atoms with Crippen molar-refractivity contribution in [1.29, 1.82) is 0 Å². The second-order valence-electron chi connectivity index (χ2n) is 6.20. The van der Waals surface area contributed by atoms with Crippen LogP contribution in [0.15, 0.2) is 0 Å². The molecule has 1 aliphatic heterocycles. The number of rotatable bonds is 0.